The van der Waals surface area contributed by atoms with Crippen LogP contribution >= 0.6 is 0 Å². The highest BCUT2D eigenvalue weighted by Gasteiger charge is 2.34. The summed E-state index contributed by atoms with van der Waals surface area (Å²) >= 11 is 0. The van der Waals surface area contributed by atoms with Crippen LogP contribution in [-0.4, -0.2) is 17.5 Å². The van der Waals surface area contributed by atoms with E-state index in [2.05, 4.69) is 17.2 Å². The number of nitrogens with two attached hydrogens (primary N) is 1. The fourth-order valence-corrected chi connectivity index (χ4v) is 2.10. The first kappa shape index (κ1) is 10.7. The minimum absolute atomic E-state index is 0.184. The van der Waals surface area contributed by atoms with Gasteiger partial charge in [-0.15, -0.1) is 0 Å². The van der Waals surface area contributed by atoms with Crippen molar-refractivity contribution >= 4 is 0 Å². The van der Waals surface area contributed by atoms with E-state index in [9.17, 15) is 0 Å². The van der Waals surface area contributed by atoms with E-state index in [4.69, 9.17) is 11.0 Å². The molecule has 16 heavy (non-hydrogen) atoms. The molecule has 0 aliphatic carbocycles. The van der Waals surface area contributed by atoms with Gasteiger partial charge in [0, 0.05) is 12.6 Å². The van der Waals surface area contributed by atoms with Crippen molar-refractivity contribution in [2.45, 2.75) is 19.0 Å². The summed E-state index contributed by atoms with van der Waals surface area (Å²) in [4.78, 5) is 2.21. The summed E-state index contributed by atoms with van der Waals surface area (Å²) in [6.07, 6.45) is 4.08. The van der Waals surface area contributed by atoms with E-state index in [1.54, 1.807) is 0 Å². The van der Waals surface area contributed by atoms with Crippen LogP contribution in [0, 0.1) is 11.3 Å². The van der Waals surface area contributed by atoms with Crippen molar-refractivity contribution in [3.05, 3.63) is 47.7 Å². The van der Waals surface area contributed by atoms with Crippen molar-refractivity contribution in [1.29, 1.82) is 5.26 Å². The number of nitrogens with zero attached hydrogens (tertiary/aromatic N) is 2. The van der Waals surface area contributed by atoms with Crippen LogP contribution in [-0.2, 0) is 0 Å². The molecular weight excluding hydrogens is 198 g/mol. The lowest BCUT2D eigenvalue weighted by atomic mass is 9.90. The molecule has 3 nitrogen and oxygen atoms in total. The Hall–Kier alpha value is -1.79. The summed E-state index contributed by atoms with van der Waals surface area (Å²) in [5, 5.41) is 8.73. The second-order valence-corrected chi connectivity index (χ2v) is 4.02. The third-order valence-corrected chi connectivity index (χ3v) is 2.91. The summed E-state index contributed by atoms with van der Waals surface area (Å²) in [6.45, 7) is 2.90. The number of nitriles is 1. The van der Waals surface area contributed by atoms with E-state index < -0.39 is 0 Å². The lowest BCUT2D eigenvalue weighted by Gasteiger charge is -2.46. The van der Waals surface area contributed by atoms with Crippen molar-refractivity contribution < 1.29 is 0 Å². The first-order valence-corrected chi connectivity index (χ1v) is 5.40. The molecule has 0 bridgehead atoms. The Morgan fingerprint density at radius 1 is 1.44 bits per heavy atom. The van der Waals surface area contributed by atoms with Gasteiger partial charge in [0.15, 0.2) is 0 Å². The molecule has 2 N–H and O–H groups in total. The molecule has 0 aromatic heterocycles. The largest absolute Gasteiger partial charge is 0.367 e. The van der Waals surface area contributed by atoms with Gasteiger partial charge >= 0.3 is 0 Å². The lowest BCUT2D eigenvalue weighted by molar-refractivity contribution is 0.121. The Balaban J connectivity index is 2.19. The van der Waals surface area contributed by atoms with E-state index in [0.717, 1.165) is 6.54 Å². The van der Waals surface area contributed by atoms with Gasteiger partial charge in [0.05, 0.1) is 17.7 Å². The Bertz CT molecular complexity index is 427. The van der Waals surface area contributed by atoms with Gasteiger partial charge in [0.1, 0.15) is 0 Å². The van der Waals surface area contributed by atoms with Gasteiger partial charge in [-0.2, -0.15) is 5.26 Å². The molecular formula is C13H15N3. The third-order valence-electron chi connectivity index (χ3n) is 2.91. The lowest BCUT2D eigenvalue weighted by Crippen LogP contribution is -2.55. The van der Waals surface area contributed by atoms with Gasteiger partial charge in [0.25, 0.3) is 0 Å². The second-order valence-electron chi connectivity index (χ2n) is 4.02. The molecule has 1 aliphatic heterocycles. The molecule has 0 radical (unpaired) electrons. The van der Waals surface area contributed by atoms with Crippen LogP contribution < -0.4 is 5.73 Å². The topological polar surface area (TPSA) is 53.0 Å². The van der Waals surface area contributed by atoms with E-state index in [1.165, 1.54) is 5.56 Å². The number of hydrogen-bond acceptors (Lipinski definition) is 3. The van der Waals surface area contributed by atoms with E-state index >= 15 is 0 Å². The highest BCUT2D eigenvalue weighted by atomic mass is 15.2. The molecule has 0 amide bonds. The van der Waals surface area contributed by atoms with Crippen molar-refractivity contribution in [3.8, 4) is 6.07 Å². The van der Waals surface area contributed by atoms with Crippen molar-refractivity contribution in [1.82, 2.24) is 4.90 Å². The molecule has 1 heterocycles. The maximum Gasteiger partial charge on any atom is 0.0991 e. The number of rotatable bonds is 2. The van der Waals surface area contributed by atoms with E-state index in [1.807, 2.05) is 37.3 Å². The van der Waals surface area contributed by atoms with Crippen molar-refractivity contribution in [3.63, 3.8) is 0 Å². The Morgan fingerprint density at radius 3 is 2.62 bits per heavy atom. The molecule has 82 valence electrons. The zero-order valence-electron chi connectivity index (χ0n) is 9.30. The highest BCUT2D eigenvalue weighted by molar-refractivity contribution is 5.34. The average Bonchev–Trinajstić information content (AvgIpc) is 2.29. The van der Waals surface area contributed by atoms with Gasteiger partial charge < -0.3 is 10.6 Å². The quantitative estimate of drug-likeness (QED) is 0.814. The first-order chi connectivity index (χ1) is 7.76. The monoisotopic (exact) mass is 213 g/mol. The van der Waals surface area contributed by atoms with Crippen molar-refractivity contribution in [2.24, 2.45) is 5.73 Å². The average molecular weight is 213 g/mol. The number of hydrogen-bond donors (Lipinski definition) is 1. The fourth-order valence-electron chi connectivity index (χ4n) is 2.10. The molecule has 1 saturated heterocycles. The minimum atomic E-state index is 0.184. The third kappa shape index (κ3) is 1.80. The maximum atomic E-state index is 8.73. The van der Waals surface area contributed by atoms with Crippen LogP contribution in [0.2, 0.25) is 0 Å². The zero-order valence-corrected chi connectivity index (χ0v) is 9.30. The van der Waals surface area contributed by atoms with E-state index in [-0.39, 0.29) is 12.1 Å². The van der Waals surface area contributed by atoms with Crippen LogP contribution in [0.15, 0.2) is 36.5 Å². The van der Waals surface area contributed by atoms with Crippen molar-refractivity contribution in [2.75, 3.05) is 6.54 Å². The molecule has 2 rings (SSSR count). The minimum Gasteiger partial charge on any atom is -0.367 e. The molecule has 1 fully saturated rings. The standard InChI is InChI=1S/C13H15N3/c1-2-7-16-9-12(15)13(16)11-5-3-10(8-14)4-6-11/h2-7,12-13H,9,15H2,1H3/b7-2-. The van der Waals surface area contributed by atoms with Gasteiger partial charge in [-0.05, 0) is 30.8 Å². The molecule has 2 atom stereocenters. The van der Waals surface area contributed by atoms with E-state index in [0.29, 0.717) is 5.56 Å². The van der Waals surface area contributed by atoms with Crippen LogP contribution in [0.1, 0.15) is 24.1 Å². The molecule has 1 aliphatic rings. The van der Waals surface area contributed by atoms with Gasteiger partial charge in [0.2, 0.25) is 0 Å². The maximum absolute atomic E-state index is 8.73. The van der Waals surface area contributed by atoms with Gasteiger partial charge in [-0.3, -0.25) is 0 Å². The Morgan fingerprint density at radius 2 is 2.12 bits per heavy atom. The zero-order chi connectivity index (χ0) is 11.5. The van der Waals surface area contributed by atoms with Gasteiger partial charge in [-0.25, -0.2) is 0 Å². The SMILES string of the molecule is C/C=C\N1CC(N)C1c1ccc(C#N)cc1. The predicted molar refractivity (Wildman–Crippen MR) is 63.4 cm³/mol. The second kappa shape index (κ2) is 4.38. The summed E-state index contributed by atoms with van der Waals surface area (Å²) < 4.78 is 0. The smallest absolute Gasteiger partial charge is 0.0991 e. The van der Waals surface area contributed by atoms with Gasteiger partial charge in [-0.1, -0.05) is 18.2 Å². The Labute approximate surface area is 95.8 Å². The molecule has 2 unspecified atom stereocenters. The van der Waals surface area contributed by atoms with Crippen LogP contribution in [0.3, 0.4) is 0 Å². The predicted octanol–water partition coefficient (Wildman–Crippen LogP) is 1.78. The molecule has 1 aromatic rings. The van der Waals surface area contributed by atoms with Crippen LogP contribution in [0.5, 0.6) is 0 Å². The van der Waals surface area contributed by atoms with Crippen LogP contribution in [0.25, 0.3) is 0 Å². The molecule has 3 heteroatoms. The molecule has 0 spiro atoms. The number of likely N-dealkylation sites (tertiary alicyclic amines) is 1. The summed E-state index contributed by atoms with van der Waals surface area (Å²) in [6, 6.07) is 10.2. The Kier molecular flexibility index (Phi) is 2.93. The molecule has 1 aromatic carbocycles. The summed E-state index contributed by atoms with van der Waals surface area (Å²) in [7, 11) is 0. The number of benzene rings is 1. The highest BCUT2D eigenvalue weighted by Crippen LogP contribution is 2.32. The normalized spacial score (nSPS) is 24.2. The first-order valence-electron chi connectivity index (χ1n) is 5.40. The summed E-state index contributed by atoms with van der Waals surface area (Å²) in [5.74, 6) is 0. The van der Waals surface area contributed by atoms with Crippen LogP contribution in [0.4, 0.5) is 0 Å². The summed E-state index contributed by atoms with van der Waals surface area (Å²) in [5.41, 5.74) is 7.87. The fraction of sp³-hybridized carbons (Fsp3) is 0.308. The number of allylic oxidation sites excluding steroid dienone is 1. The molecule has 0 saturated carbocycles.